The van der Waals surface area contributed by atoms with Gasteiger partial charge in [0.25, 0.3) is 5.91 Å². The maximum Gasteiger partial charge on any atom is 0.411 e. The molecule has 20 heteroatoms. The Labute approximate surface area is 314 Å². The first kappa shape index (κ1) is 38.1. The molecule has 0 bridgehead atoms. The van der Waals surface area contributed by atoms with Crippen LogP contribution in [0.25, 0.3) is 22.6 Å². The van der Waals surface area contributed by atoms with Crippen molar-refractivity contribution in [3.05, 3.63) is 70.9 Å². The normalized spacial score (nSPS) is 20.2. The summed E-state index contributed by atoms with van der Waals surface area (Å²) in [4.78, 5) is 38.8. The minimum Gasteiger partial charge on any atom is -0.447 e. The van der Waals surface area contributed by atoms with E-state index in [2.05, 4.69) is 25.3 Å². The molecule has 0 radical (unpaired) electrons. The lowest BCUT2D eigenvalue weighted by atomic mass is 9.75. The predicted octanol–water partition coefficient (Wildman–Crippen LogP) is 7.08. The number of hydrogen-bond acceptors (Lipinski definition) is 9. The van der Waals surface area contributed by atoms with E-state index in [1.807, 2.05) is 26.1 Å². The molecule has 3 N–H and O–H groups in total. The summed E-state index contributed by atoms with van der Waals surface area (Å²) in [5.74, 6) is -2.43. The summed E-state index contributed by atoms with van der Waals surface area (Å²) in [6.45, 7) is 1.51. The Morgan fingerprint density at radius 1 is 1.11 bits per heavy atom. The second-order valence-electron chi connectivity index (χ2n) is 15.1. The highest BCUT2D eigenvalue weighted by molar-refractivity contribution is 6.33. The van der Waals surface area contributed by atoms with Gasteiger partial charge in [-0.2, -0.15) is 46.7 Å². The van der Waals surface area contributed by atoms with Crippen molar-refractivity contribution >= 4 is 29.6 Å². The molecule has 1 aliphatic heterocycles. The van der Waals surface area contributed by atoms with Gasteiger partial charge in [-0.3, -0.25) is 9.69 Å². The second kappa shape index (κ2) is 13.5. The molecule has 2 aliphatic carbocycles. The molecule has 3 heterocycles. The first-order valence-electron chi connectivity index (χ1n) is 17.2. The van der Waals surface area contributed by atoms with E-state index in [0.717, 1.165) is 24.1 Å². The topological polar surface area (TPSA) is 158 Å². The summed E-state index contributed by atoms with van der Waals surface area (Å²) >= 11 is 6.42. The van der Waals surface area contributed by atoms with Crippen molar-refractivity contribution in [2.45, 2.75) is 88.8 Å². The number of aromatic nitrogens is 6. The number of amides is 2. The number of rotatable bonds is 11. The number of nitrogens with two attached hydrogens (primary N) is 1. The van der Waals surface area contributed by atoms with Crippen LogP contribution in [0, 0.1) is 11.2 Å². The molecule has 7 rings (SSSR count). The van der Waals surface area contributed by atoms with Gasteiger partial charge >= 0.3 is 18.8 Å². The lowest BCUT2D eigenvalue weighted by Gasteiger charge is -2.35. The van der Waals surface area contributed by atoms with Gasteiger partial charge in [0.05, 0.1) is 23.3 Å². The first-order chi connectivity index (χ1) is 25.8. The van der Waals surface area contributed by atoms with Gasteiger partial charge < -0.3 is 15.8 Å². The van der Waals surface area contributed by atoms with E-state index >= 15 is 4.39 Å². The zero-order valence-electron chi connectivity index (χ0n) is 29.6. The molecular formula is C35H35ClF6N10O3. The Balaban J connectivity index is 1.28. The quantitative estimate of drug-likeness (QED) is 0.153. The number of benzene rings is 2. The Kier molecular flexibility index (Phi) is 9.37. The average molecular weight is 793 g/mol. The number of aliphatic imine (C=N–C) groups is 1. The van der Waals surface area contributed by atoms with Crippen molar-refractivity contribution in [1.82, 2.24) is 40.0 Å². The van der Waals surface area contributed by atoms with Crippen molar-refractivity contribution in [2.75, 3.05) is 6.61 Å². The van der Waals surface area contributed by atoms with Crippen LogP contribution in [0.4, 0.5) is 31.1 Å². The number of nitrogens with one attached hydrogen (secondary N) is 1. The fourth-order valence-corrected chi connectivity index (χ4v) is 6.97. The molecule has 292 valence electrons. The maximum absolute atomic E-state index is 16.4. The molecule has 1 unspecified atom stereocenters. The highest BCUT2D eigenvalue weighted by Crippen LogP contribution is 2.49. The zero-order valence-corrected chi connectivity index (χ0v) is 30.4. The van der Waals surface area contributed by atoms with E-state index in [4.69, 9.17) is 22.1 Å². The molecule has 3 aliphatic rings. The fraction of sp³-hybridized carbons (Fsp3) is 0.457. The molecule has 4 aromatic rings. The summed E-state index contributed by atoms with van der Waals surface area (Å²) in [6.07, 6.45) is -2.70. The van der Waals surface area contributed by atoms with Gasteiger partial charge in [-0.05, 0) is 61.3 Å². The van der Waals surface area contributed by atoms with Crippen LogP contribution in [0.5, 0.6) is 0 Å². The highest BCUT2D eigenvalue weighted by atomic mass is 35.5. The van der Waals surface area contributed by atoms with Gasteiger partial charge in [0.15, 0.2) is 17.3 Å². The average Bonchev–Trinajstić information content (AvgIpc) is 3.97. The molecule has 0 saturated heterocycles. The number of halogens is 7. The number of hydrogen-bond donors (Lipinski definition) is 2. The van der Waals surface area contributed by atoms with Gasteiger partial charge in [-0.1, -0.05) is 50.6 Å². The van der Waals surface area contributed by atoms with Crippen LogP contribution < -0.4 is 11.1 Å². The third-order valence-corrected chi connectivity index (χ3v) is 10.0. The van der Waals surface area contributed by atoms with Gasteiger partial charge in [0.1, 0.15) is 30.0 Å². The summed E-state index contributed by atoms with van der Waals surface area (Å²) in [5.41, 5.74) is 2.09. The van der Waals surface area contributed by atoms with Crippen LogP contribution in [0.15, 0.2) is 53.9 Å². The Morgan fingerprint density at radius 3 is 2.45 bits per heavy atom. The molecule has 0 spiro atoms. The smallest absolute Gasteiger partial charge is 0.411 e. The fourth-order valence-electron chi connectivity index (χ4n) is 6.77. The predicted molar refractivity (Wildman–Crippen MR) is 185 cm³/mol. The minimum atomic E-state index is -4.75. The number of carbonyl (C=O) groups is 2. The summed E-state index contributed by atoms with van der Waals surface area (Å²) in [6, 6.07) is 6.92. The molecule has 13 nitrogen and oxygen atoms in total. The number of guanidine groups is 1. The third kappa shape index (κ3) is 7.20. The number of alkyl carbamates (subject to hydrolysis) is 1. The van der Waals surface area contributed by atoms with E-state index < -0.39 is 65.6 Å². The van der Waals surface area contributed by atoms with Crippen LogP contribution in [0.3, 0.4) is 0 Å². The largest absolute Gasteiger partial charge is 0.447 e. The Morgan fingerprint density at radius 2 is 1.84 bits per heavy atom. The lowest BCUT2D eigenvalue weighted by Crippen LogP contribution is -2.50. The third-order valence-electron chi connectivity index (χ3n) is 9.70. The number of carbonyl (C=O) groups excluding carboxylic acids is 2. The van der Waals surface area contributed by atoms with E-state index in [1.165, 1.54) is 36.5 Å². The van der Waals surface area contributed by atoms with Crippen molar-refractivity contribution in [3.8, 4) is 22.6 Å². The number of nitrogens with zero attached hydrogens (tertiary/aromatic N) is 8. The van der Waals surface area contributed by atoms with E-state index in [0.29, 0.717) is 15.9 Å². The molecule has 2 aromatic carbocycles. The van der Waals surface area contributed by atoms with E-state index in [1.54, 1.807) is 10.9 Å². The molecular weight excluding hydrogens is 758 g/mol. The Hall–Kier alpha value is -5.20. The number of ether oxygens (including phenoxy) is 1. The summed E-state index contributed by atoms with van der Waals surface area (Å²) < 4.78 is 90.7. The van der Waals surface area contributed by atoms with Gasteiger partial charge in [0.2, 0.25) is 0 Å². The Bertz CT molecular complexity index is 2180. The van der Waals surface area contributed by atoms with Crippen molar-refractivity contribution < 1.29 is 40.7 Å². The van der Waals surface area contributed by atoms with E-state index in [9.17, 15) is 31.5 Å². The first-order valence-corrected chi connectivity index (χ1v) is 17.6. The SMILES string of the molecule is CC(C)(C)C[C@]1(c2ccc(-c3cnn(C4CC4)n3)cc2F)N=C(N)N(C(COC(=O)NC2(C(F)(F)F)CC2)c2ccc(Cl)c(-c3ncnn3C(F)F)c2)C1=O. The molecule has 2 saturated carbocycles. The van der Waals surface area contributed by atoms with E-state index in [-0.39, 0.29) is 52.8 Å². The lowest BCUT2D eigenvalue weighted by molar-refractivity contribution is -0.164. The van der Waals surface area contributed by atoms with Crippen LogP contribution in [-0.4, -0.2) is 70.9 Å². The van der Waals surface area contributed by atoms with Crippen LogP contribution in [0.1, 0.15) is 82.6 Å². The zero-order chi connectivity index (χ0) is 39.7. The van der Waals surface area contributed by atoms with Crippen molar-refractivity contribution in [2.24, 2.45) is 16.1 Å². The number of alkyl halides is 5. The van der Waals surface area contributed by atoms with Gasteiger partial charge in [-0.25, -0.2) is 19.2 Å². The van der Waals surface area contributed by atoms with Gasteiger partial charge in [0, 0.05) is 16.7 Å². The van der Waals surface area contributed by atoms with Crippen LogP contribution >= 0.6 is 11.6 Å². The monoisotopic (exact) mass is 792 g/mol. The molecule has 2 atom stereocenters. The summed E-state index contributed by atoms with van der Waals surface area (Å²) in [7, 11) is 0. The van der Waals surface area contributed by atoms with Crippen LogP contribution in [0.2, 0.25) is 5.02 Å². The molecule has 2 fully saturated rings. The summed E-state index contributed by atoms with van der Waals surface area (Å²) in [5, 5.41) is 14.1. The van der Waals surface area contributed by atoms with Crippen LogP contribution in [-0.2, 0) is 15.1 Å². The minimum absolute atomic E-state index is 0.0484. The standard InChI is InChI=1S/C35H35ClF6N10O3/c1-32(2,3)16-34(22-8-4-18(13-24(22)37)25-14-45-52(49-25)20-6-7-20)28(53)50(30(43)47-34)26(15-55-31(54)48-33(10-11-33)35(40,41)42)19-5-9-23(36)21(12-19)27-44-17-46-51(27)29(38)39/h4-5,8-9,12-14,17,20,26,29H,6-7,10-11,15-16H2,1-3H3,(H2,43,47)(H,48,54)/t26?,34-/m1/s1. The maximum atomic E-state index is 16.4. The molecule has 2 aromatic heterocycles. The highest BCUT2D eigenvalue weighted by Gasteiger charge is 2.64. The second-order valence-corrected chi connectivity index (χ2v) is 15.5. The van der Waals surface area contributed by atoms with Crippen molar-refractivity contribution in [1.29, 1.82) is 0 Å². The molecule has 55 heavy (non-hydrogen) atoms. The van der Waals surface area contributed by atoms with Gasteiger partial charge in [-0.15, -0.1) is 0 Å². The van der Waals surface area contributed by atoms with Crippen molar-refractivity contribution in [3.63, 3.8) is 0 Å². The molecule has 2 amide bonds.